The minimum atomic E-state index is -5.08. The molecule has 44 heteroatoms. The van der Waals surface area contributed by atoms with Crippen LogP contribution in [0.5, 0.6) is 40.2 Å². The van der Waals surface area contributed by atoms with Gasteiger partial charge in [0.05, 0.1) is 94.4 Å². The van der Waals surface area contributed by atoms with Gasteiger partial charge in [-0.15, -0.1) is 20.4 Å². The number of carbonyl (C=O) groups excluding carboxylic acids is 2. The second-order valence-corrected chi connectivity index (χ2v) is 32.4. The van der Waals surface area contributed by atoms with E-state index in [9.17, 15) is 37.5 Å². The third-order valence-corrected chi connectivity index (χ3v) is 22.6. The number of nitrogens with one attached hydrogen (secondary N) is 1. The van der Waals surface area contributed by atoms with Crippen molar-refractivity contribution in [1.29, 1.82) is 0 Å². The number of nitrogens with zero attached hydrogens (tertiary/aromatic N) is 11. The normalized spacial score (nSPS) is 10.6. The number of carboxylic acid groups (broad SMARTS) is 3. The maximum Gasteiger partial charge on any atom is 0.490 e. The summed E-state index contributed by atoms with van der Waals surface area (Å²) in [5.74, 6) is -1.41. The third kappa shape index (κ3) is 31.5. The van der Waals surface area contributed by atoms with Crippen molar-refractivity contribution >= 4 is 151 Å². The molecule has 6 N–H and O–H groups in total. The topological polar surface area (TPSA) is 403 Å². The quantitative estimate of drug-likeness (QED) is 0.0174. The number of aromatic amines is 1. The molecule has 0 fully saturated rings. The number of hydrogen-bond donors (Lipinski definition) is 6. The van der Waals surface area contributed by atoms with Gasteiger partial charge in [-0.2, -0.15) is 23.5 Å². The third-order valence-electron chi connectivity index (χ3n) is 19.1. The Morgan fingerprint density at radius 1 is 0.370 bits per heavy atom. The molecule has 0 aliphatic heterocycles. The molecule has 138 heavy (non-hydrogen) atoms. The molecule has 0 amide bonds. The smallest absolute Gasteiger partial charge is 0.490 e. The number of carbonyl (C=O) groups is 5. The number of rotatable bonds is 31. The molecule has 15 aromatic rings. The van der Waals surface area contributed by atoms with Gasteiger partial charge in [0.2, 0.25) is 0 Å². The molecule has 716 valence electrons. The van der Waals surface area contributed by atoms with E-state index in [1.807, 2.05) is 170 Å². The average molecular weight is 2110 g/mol. The van der Waals surface area contributed by atoms with E-state index in [-0.39, 0.29) is 68.1 Å². The monoisotopic (exact) mass is 2110 g/mol. The molecule has 0 radical (unpaired) electrons. The lowest BCUT2D eigenvalue weighted by Crippen LogP contribution is -2.29. The number of benzene rings is 11. The van der Waals surface area contributed by atoms with E-state index in [0.29, 0.717) is 105 Å². The van der Waals surface area contributed by atoms with Crippen LogP contribution < -0.4 is 38.6 Å². The minimum absolute atomic E-state index is 0.00307. The lowest BCUT2D eigenvalue weighted by atomic mass is 9.80. The number of aromatic nitrogens is 12. The van der Waals surface area contributed by atoms with Crippen molar-refractivity contribution in [3.63, 3.8) is 0 Å². The Morgan fingerprint density at radius 2 is 0.652 bits per heavy atom. The highest BCUT2D eigenvalue weighted by Crippen LogP contribution is 2.35. The summed E-state index contributed by atoms with van der Waals surface area (Å²) in [6.45, 7) is 5.41. The number of alkyl halides is 3. The zero-order valence-corrected chi connectivity index (χ0v) is 80.6. The Balaban J connectivity index is 0.000000180. The first-order valence-electron chi connectivity index (χ1n) is 40.5. The summed E-state index contributed by atoms with van der Waals surface area (Å²) < 4.78 is 86.5. The van der Waals surface area contributed by atoms with Crippen molar-refractivity contribution in [2.75, 3.05) is 34.5 Å². The molecule has 0 bridgehead atoms. The van der Waals surface area contributed by atoms with Crippen molar-refractivity contribution in [2.24, 2.45) is 0 Å². The van der Waals surface area contributed by atoms with Crippen LogP contribution in [0.25, 0.3) is 33.4 Å². The van der Waals surface area contributed by atoms with Crippen molar-refractivity contribution in [3.8, 4) is 73.6 Å². The molecule has 0 atom stereocenters. The Morgan fingerprint density at radius 3 is 0.942 bits per heavy atom. The summed E-state index contributed by atoms with van der Waals surface area (Å²) in [6.07, 6.45) is -5.08. The van der Waals surface area contributed by atoms with Crippen LogP contribution in [0.1, 0.15) is 95.3 Å². The first-order valence-corrected chi connectivity index (χ1v) is 44.4. The highest BCUT2D eigenvalue weighted by atomic mass is 79.9. The lowest BCUT2D eigenvalue weighted by Gasteiger charge is -2.11. The number of aromatic carboxylic acids is 2. The van der Waals surface area contributed by atoms with Crippen molar-refractivity contribution < 1.29 is 105 Å². The number of methoxy groups -OCH3 is 3. The first kappa shape index (κ1) is 107. The van der Waals surface area contributed by atoms with Gasteiger partial charge >= 0.3 is 43.1 Å². The standard InChI is InChI=1S/C26H23Cl2N3O4.C24H19Cl2N3O4.C20H20BrN3O4.C16H11Cl2N3O3.C6H5BCl2O2.C2HF3O2/c1-3-34-26(32)25-24(31(30-29-25)15-17-4-9-20(33-2)10-5-17)16-35-21-11-6-18(7-12-21)19-8-13-22(27)23(28)14-19;1-32-18-7-2-15(3-8-18)13-29-22(23(24(30)31)27-28-29)14-33-19-9-4-16(5-10-19)17-6-11-20(25)21(26)12-17;1-3-27-20(25)19-18(13-28-17-10-6-15(21)7-11-17)24(23-22-19)12-14-4-8-16(26-2)9-5-14;17-12-6-3-10(7-13(12)18)9-1-4-11(5-2-9)24-8-14-15(16(22)23)20-21-19-14;8-5-2-1-4(7(10)11)3-6(5)9;3-2(4,5)1(6)7/h4-14H,3,15-16H2,1-2H3;2-12H,13-14H2,1H3,(H,30,31);4-11H,3,12-13H2,1-2H3;1-7H,8H2,(H,22,23)(H,19,20,21);1-3,10-11H;(H,6,7). The molecule has 31 nitrogen and oxygen atoms in total. The van der Waals surface area contributed by atoms with Crippen molar-refractivity contribution in [1.82, 2.24) is 60.4 Å². The number of hydrogen-bond acceptors (Lipinski definition) is 24. The van der Waals surface area contributed by atoms with Crippen LogP contribution in [0.4, 0.5) is 13.2 Å². The van der Waals surface area contributed by atoms with E-state index in [1.165, 1.54) is 22.9 Å². The predicted molar refractivity (Wildman–Crippen MR) is 516 cm³/mol. The summed E-state index contributed by atoms with van der Waals surface area (Å²) in [5, 5.41) is 80.4. The van der Waals surface area contributed by atoms with Gasteiger partial charge in [0.1, 0.15) is 89.4 Å². The molecule has 0 saturated heterocycles. The Hall–Kier alpha value is -13.5. The fourth-order valence-corrected chi connectivity index (χ4v) is 13.5. The minimum Gasteiger partial charge on any atom is -0.497 e. The first-order chi connectivity index (χ1) is 66.1. The van der Waals surface area contributed by atoms with Gasteiger partial charge in [0.25, 0.3) is 0 Å². The molecule has 0 spiro atoms. The van der Waals surface area contributed by atoms with Crippen LogP contribution in [0.15, 0.2) is 247 Å². The van der Waals surface area contributed by atoms with Gasteiger partial charge in [-0.3, -0.25) is 0 Å². The average Bonchev–Trinajstić information content (AvgIpc) is 1.65. The van der Waals surface area contributed by atoms with Gasteiger partial charge in [0, 0.05) is 4.47 Å². The summed E-state index contributed by atoms with van der Waals surface area (Å²) in [6, 6.07) is 73.0. The van der Waals surface area contributed by atoms with E-state index in [2.05, 4.69) is 62.3 Å². The second-order valence-electron chi connectivity index (χ2n) is 28.3. The molecular weight excluding hydrogens is 2030 g/mol. The summed E-state index contributed by atoms with van der Waals surface area (Å²) in [4.78, 5) is 56.2. The molecule has 15 rings (SSSR count). The van der Waals surface area contributed by atoms with E-state index >= 15 is 0 Å². The molecule has 4 heterocycles. The van der Waals surface area contributed by atoms with E-state index in [0.717, 1.165) is 71.8 Å². The Bertz CT molecular complexity index is 6600. The van der Waals surface area contributed by atoms with E-state index in [1.54, 1.807) is 99.1 Å². The van der Waals surface area contributed by atoms with Gasteiger partial charge < -0.3 is 68.0 Å². The van der Waals surface area contributed by atoms with E-state index in [4.69, 9.17) is 160 Å². The molecule has 0 saturated carbocycles. The maximum atomic E-state index is 12.4. The molecule has 11 aromatic carbocycles. The Kier molecular flexibility index (Phi) is 40.3. The lowest BCUT2D eigenvalue weighted by molar-refractivity contribution is -0.192. The number of aliphatic carboxylic acids is 1. The van der Waals surface area contributed by atoms with Crippen LogP contribution in [0, 0.1) is 0 Å². The fourth-order valence-electron chi connectivity index (χ4n) is 12.0. The summed E-state index contributed by atoms with van der Waals surface area (Å²) in [7, 11) is 3.34. The summed E-state index contributed by atoms with van der Waals surface area (Å²) >= 11 is 50.8. The predicted octanol–water partition coefficient (Wildman–Crippen LogP) is 20.9. The van der Waals surface area contributed by atoms with Crippen molar-refractivity contribution in [3.05, 3.63) is 350 Å². The SMILES string of the molecule is CCOC(=O)c1nnn(Cc2ccc(OC)cc2)c1COc1ccc(-c2ccc(Cl)c(Cl)c2)cc1.CCOC(=O)c1nnn(Cc2ccc(OC)cc2)c1COc1ccc(Br)cc1.COc1ccc(Cn2nnc(C(=O)O)c2COc2ccc(-c3ccc(Cl)c(Cl)c3)cc2)cc1.O=C(O)C(F)(F)F.O=C(O)c1n[nH]nc1COc1ccc(-c2ccc(Cl)c(Cl)c2)cc1.OB(O)c1ccc(Cl)c(Cl)c1. The van der Waals surface area contributed by atoms with Crippen LogP contribution in [-0.2, 0) is 60.3 Å². The summed E-state index contributed by atoms with van der Waals surface area (Å²) in [5.41, 5.74) is 10.5. The van der Waals surface area contributed by atoms with Crippen LogP contribution in [0.3, 0.4) is 0 Å². The van der Waals surface area contributed by atoms with Crippen LogP contribution in [-0.4, -0.2) is 163 Å². The second kappa shape index (κ2) is 52.2. The highest BCUT2D eigenvalue weighted by Gasteiger charge is 2.38. The zero-order valence-electron chi connectivity index (χ0n) is 72.9. The largest absolute Gasteiger partial charge is 0.497 e. The number of H-pyrrole nitrogens is 1. The van der Waals surface area contributed by atoms with Crippen LogP contribution in [0.2, 0.25) is 40.2 Å². The molecule has 0 aliphatic carbocycles. The Labute approximate surface area is 834 Å². The van der Waals surface area contributed by atoms with Gasteiger partial charge in [-0.05, 0) is 215 Å². The number of carboxylic acids is 3. The number of ether oxygens (including phenoxy) is 9. The van der Waals surface area contributed by atoms with Gasteiger partial charge in [0.15, 0.2) is 22.8 Å². The van der Waals surface area contributed by atoms with Gasteiger partial charge in [-0.25, -0.2) is 38.0 Å². The number of esters is 2. The molecule has 0 unspecified atom stereocenters. The maximum absolute atomic E-state index is 12.4. The van der Waals surface area contributed by atoms with Crippen molar-refractivity contribution in [2.45, 2.75) is 66.1 Å². The molecule has 0 aliphatic rings. The zero-order chi connectivity index (χ0) is 99.7. The number of halogens is 12. The molecular formula is C94H79BBrCl8F3N12O19. The highest BCUT2D eigenvalue weighted by molar-refractivity contribution is 9.10. The fraction of sp³-hybridized carbons (Fsp3) is 0.160. The molecule has 4 aromatic heterocycles. The van der Waals surface area contributed by atoms with E-state index < -0.39 is 43.1 Å². The van der Waals surface area contributed by atoms with Crippen LogP contribution >= 0.6 is 109 Å². The van der Waals surface area contributed by atoms with Gasteiger partial charge in [-0.1, -0.05) is 221 Å².